The molecule has 3 fully saturated rings. The molecule has 27 heavy (non-hydrogen) atoms. The molecular formula is C21H22N4O2. The molecular weight excluding hydrogens is 340 g/mol. The molecule has 0 aliphatic carbocycles. The molecule has 3 aromatic rings. The summed E-state index contributed by atoms with van der Waals surface area (Å²) in [5.74, 6) is 2.12. The van der Waals surface area contributed by atoms with Gasteiger partial charge in [0, 0.05) is 24.1 Å². The fourth-order valence-electron chi connectivity index (χ4n) is 4.27. The number of rotatable bonds is 3. The first-order valence-electron chi connectivity index (χ1n) is 9.48. The fraction of sp³-hybridized carbons (Fsp3) is 0.381. The van der Waals surface area contributed by atoms with Gasteiger partial charge in [-0.3, -0.25) is 4.79 Å². The molecule has 2 bridgehead atoms. The second kappa shape index (κ2) is 6.16. The second-order valence-corrected chi connectivity index (χ2v) is 7.70. The van der Waals surface area contributed by atoms with E-state index < -0.39 is 0 Å². The molecule has 0 spiro atoms. The van der Waals surface area contributed by atoms with Crippen LogP contribution in [0.2, 0.25) is 0 Å². The van der Waals surface area contributed by atoms with Crippen LogP contribution in [0.25, 0.3) is 22.1 Å². The van der Waals surface area contributed by atoms with Crippen molar-refractivity contribution in [3.63, 3.8) is 0 Å². The van der Waals surface area contributed by atoms with Gasteiger partial charge in [0.15, 0.2) is 11.7 Å². The lowest BCUT2D eigenvalue weighted by molar-refractivity contribution is -0.132. The lowest BCUT2D eigenvalue weighted by Crippen LogP contribution is -2.53. The van der Waals surface area contributed by atoms with Gasteiger partial charge in [0.1, 0.15) is 5.82 Å². The van der Waals surface area contributed by atoms with Gasteiger partial charge < -0.3 is 14.6 Å². The zero-order chi connectivity index (χ0) is 18.4. The van der Waals surface area contributed by atoms with Crippen LogP contribution in [-0.4, -0.2) is 40.4 Å². The van der Waals surface area contributed by atoms with Gasteiger partial charge in [0.05, 0.1) is 11.6 Å². The number of pyridine rings is 1. The molecule has 0 saturated carbocycles. The molecule has 5 heterocycles. The minimum absolute atomic E-state index is 0.121. The lowest BCUT2D eigenvalue weighted by Gasteiger charge is -2.47. The zero-order valence-corrected chi connectivity index (χ0v) is 15.4. The quantitative estimate of drug-likeness (QED) is 0.770. The predicted molar refractivity (Wildman–Crippen MR) is 103 cm³/mol. The Morgan fingerprint density at radius 3 is 2.56 bits per heavy atom. The number of amides is 1. The van der Waals surface area contributed by atoms with E-state index in [1.54, 1.807) is 6.20 Å². The molecule has 0 unspecified atom stereocenters. The van der Waals surface area contributed by atoms with Crippen LogP contribution in [0.1, 0.15) is 25.2 Å². The number of nitrogens with zero attached hydrogens (tertiary/aromatic N) is 3. The molecule has 3 saturated heterocycles. The molecule has 0 atom stereocenters. The van der Waals surface area contributed by atoms with Gasteiger partial charge in [-0.15, -0.1) is 0 Å². The Balaban J connectivity index is 1.42. The normalized spacial score (nSPS) is 24.3. The third-order valence-corrected chi connectivity index (χ3v) is 6.07. The molecule has 1 N–H and O–H groups in total. The van der Waals surface area contributed by atoms with Gasteiger partial charge in [0.25, 0.3) is 0 Å². The van der Waals surface area contributed by atoms with E-state index in [1.165, 1.54) is 0 Å². The van der Waals surface area contributed by atoms with Crippen molar-refractivity contribution >= 4 is 22.5 Å². The molecule has 6 rings (SSSR count). The summed E-state index contributed by atoms with van der Waals surface area (Å²) in [6.07, 6.45) is 6.38. The number of aryl methyl sites for hydroxylation is 1. The molecule has 1 aromatic carbocycles. The maximum atomic E-state index is 13.0. The highest BCUT2D eigenvalue weighted by Crippen LogP contribution is 2.41. The van der Waals surface area contributed by atoms with Gasteiger partial charge >= 0.3 is 0 Å². The van der Waals surface area contributed by atoms with Gasteiger partial charge in [-0.1, -0.05) is 12.1 Å². The SMILES string of the molecule is Cc1ncc(-c2ccc3cnc(NC(=O)C45CCN(CC4)CC5)cc3c2)o1. The summed E-state index contributed by atoms with van der Waals surface area (Å²) in [6, 6.07) is 7.99. The monoisotopic (exact) mass is 362 g/mol. The largest absolute Gasteiger partial charge is 0.441 e. The maximum Gasteiger partial charge on any atom is 0.231 e. The van der Waals surface area contributed by atoms with Crippen molar-refractivity contribution in [2.75, 3.05) is 25.0 Å². The Bertz CT molecular complexity index is 1000. The molecule has 138 valence electrons. The molecule has 3 aliphatic rings. The number of nitrogens with one attached hydrogen (secondary N) is 1. The molecule has 6 nitrogen and oxygen atoms in total. The first-order valence-corrected chi connectivity index (χ1v) is 9.48. The Kier molecular flexibility index (Phi) is 3.75. The summed E-state index contributed by atoms with van der Waals surface area (Å²) in [5, 5.41) is 5.12. The van der Waals surface area contributed by atoms with E-state index in [0.717, 1.165) is 61.0 Å². The van der Waals surface area contributed by atoms with Crippen LogP contribution in [0, 0.1) is 12.3 Å². The Labute approximate surface area is 157 Å². The number of carbonyl (C=O) groups is 1. The Morgan fingerprint density at radius 2 is 1.85 bits per heavy atom. The van der Waals surface area contributed by atoms with Crippen LogP contribution in [-0.2, 0) is 4.79 Å². The van der Waals surface area contributed by atoms with Gasteiger partial charge in [-0.05, 0) is 56.4 Å². The third-order valence-electron chi connectivity index (χ3n) is 6.07. The zero-order valence-electron chi connectivity index (χ0n) is 15.4. The number of aromatic nitrogens is 2. The van der Waals surface area contributed by atoms with Crippen LogP contribution in [0.15, 0.2) is 41.1 Å². The third kappa shape index (κ3) is 2.90. The number of piperidine rings is 3. The van der Waals surface area contributed by atoms with Crippen molar-refractivity contribution in [1.29, 1.82) is 0 Å². The predicted octanol–water partition coefficient (Wildman–Crippen LogP) is 3.62. The van der Waals surface area contributed by atoms with Crippen LogP contribution in [0.5, 0.6) is 0 Å². The number of benzene rings is 1. The molecule has 3 aliphatic heterocycles. The van der Waals surface area contributed by atoms with Gasteiger partial charge in [-0.25, -0.2) is 9.97 Å². The average Bonchev–Trinajstić information content (AvgIpc) is 3.15. The molecule has 1 amide bonds. The molecule has 2 aromatic heterocycles. The second-order valence-electron chi connectivity index (χ2n) is 7.70. The number of carbonyl (C=O) groups excluding carboxylic acids is 1. The highest BCUT2D eigenvalue weighted by Gasteiger charge is 2.45. The summed E-state index contributed by atoms with van der Waals surface area (Å²) >= 11 is 0. The fourth-order valence-corrected chi connectivity index (χ4v) is 4.27. The van der Waals surface area contributed by atoms with Crippen molar-refractivity contribution in [3.8, 4) is 11.3 Å². The Hall–Kier alpha value is -2.73. The summed E-state index contributed by atoms with van der Waals surface area (Å²) in [7, 11) is 0. The minimum Gasteiger partial charge on any atom is -0.441 e. The minimum atomic E-state index is -0.218. The highest BCUT2D eigenvalue weighted by molar-refractivity contribution is 5.97. The van der Waals surface area contributed by atoms with Crippen molar-refractivity contribution in [3.05, 3.63) is 42.5 Å². The summed E-state index contributed by atoms with van der Waals surface area (Å²) < 4.78 is 5.62. The van der Waals surface area contributed by atoms with Crippen molar-refractivity contribution in [2.24, 2.45) is 5.41 Å². The van der Waals surface area contributed by atoms with E-state index in [9.17, 15) is 4.79 Å². The van der Waals surface area contributed by atoms with Crippen LogP contribution >= 0.6 is 0 Å². The summed E-state index contributed by atoms with van der Waals surface area (Å²) in [5.41, 5.74) is 0.745. The molecule has 0 radical (unpaired) electrons. The summed E-state index contributed by atoms with van der Waals surface area (Å²) in [6.45, 7) is 4.91. The average molecular weight is 362 g/mol. The maximum absolute atomic E-state index is 13.0. The first-order chi connectivity index (χ1) is 13.1. The van der Waals surface area contributed by atoms with Gasteiger partial charge in [0.2, 0.25) is 5.91 Å². The van der Waals surface area contributed by atoms with E-state index in [2.05, 4.69) is 20.2 Å². The van der Waals surface area contributed by atoms with Crippen LogP contribution < -0.4 is 5.32 Å². The van der Waals surface area contributed by atoms with E-state index in [-0.39, 0.29) is 11.3 Å². The van der Waals surface area contributed by atoms with Crippen LogP contribution in [0.4, 0.5) is 5.82 Å². The smallest absolute Gasteiger partial charge is 0.231 e. The highest BCUT2D eigenvalue weighted by atomic mass is 16.4. The Morgan fingerprint density at radius 1 is 1.07 bits per heavy atom. The summed E-state index contributed by atoms with van der Waals surface area (Å²) in [4.78, 5) is 24.0. The number of fused-ring (bicyclic) bond motifs is 4. The van der Waals surface area contributed by atoms with E-state index in [1.807, 2.05) is 37.4 Å². The van der Waals surface area contributed by atoms with Crippen molar-refractivity contribution in [2.45, 2.75) is 26.2 Å². The van der Waals surface area contributed by atoms with Crippen molar-refractivity contribution in [1.82, 2.24) is 14.9 Å². The van der Waals surface area contributed by atoms with E-state index in [0.29, 0.717) is 11.7 Å². The first kappa shape index (κ1) is 16.4. The molecule has 6 heteroatoms. The number of hydrogen-bond donors (Lipinski definition) is 1. The van der Waals surface area contributed by atoms with Gasteiger partial charge in [-0.2, -0.15) is 0 Å². The van der Waals surface area contributed by atoms with Crippen molar-refractivity contribution < 1.29 is 9.21 Å². The van der Waals surface area contributed by atoms with E-state index >= 15 is 0 Å². The topological polar surface area (TPSA) is 71.3 Å². The van der Waals surface area contributed by atoms with E-state index in [4.69, 9.17) is 4.42 Å². The lowest BCUT2D eigenvalue weighted by atomic mass is 9.71. The number of hydrogen-bond acceptors (Lipinski definition) is 5. The number of anilines is 1. The van der Waals surface area contributed by atoms with Crippen LogP contribution in [0.3, 0.4) is 0 Å². The number of oxazole rings is 1. The standard InChI is InChI=1S/C21H22N4O2/c1-14-22-13-18(27-14)15-2-3-16-12-23-19(11-17(16)10-15)24-20(26)21-4-7-25(8-5-21)9-6-21/h2-3,10-13H,4-9H2,1H3,(H,23,24,26).